The Bertz CT molecular complexity index is 1180. The number of imidazole rings is 1. The molecule has 1 N–H and O–H groups in total. The summed E-state index contributed by atoms with van der Waals surface area (Å²) >= 11 is 0. The highest BCUT2D eigenvalue weighted by Crippen LogP contribution is 2.29. The molecule has 0 fully saturated rings. The first kappa shape index (κ1) is 20.7. The molecule has 5 heteroatoms. The number of fused-ring (bicyclic) bond motifs is 1. The number of carbonyl (C=O) groups is 1. The SMILES string of the molecule is COc1ccccc1C(C)CC(=O)NC(c1ccccc1)c1nc2ccccc2n1C. The number of para-hydroxylation sites is 3. The number of ether oxygens (including phenoxy) is 1. The first-order chi connectivity index (χ1) is 15.1. The number of amides is 1. The van der Waals surface area contributed by atoms with Crippen molar-refractivity contribution in [2.24, 2.45) is 7.05 Å². The molecule has 31 heavy (non-hydrogen) atoms. The topological polar surface area (TPSA) is 56.1 Å². The van der Waals surface area contributed by atoms with Gasteiger partial charge < -0.3 is 14.6 Å². The molecular formula is C26H27N3O2. The maximum absolute atomic E-state index is 13.1. The Morgan fingerprint density at radius 2 is 1.68 bits per heavy atom. The molecule has 0 aliphatic carbocycles. The van der Waals surface area contributed by atoms with Gasteiger partial charge >= 0.3 is 0 Å². The summed E-state index contributed by atoms with van der Waals surface area (Å²) in [7, 11) is 3.65. The van der Waals surface area contributed by atoms with Gasteiger partial charge in [-0.15, -0.1) is 0 Å². The van der Waals surface area contributed by atoms with Crippen LogP contribution in [-0.2, 0) is 11.8 Å². The average molecular weight is 414 g/mol. The molecule has 1 aromatic heterocycles. The lowest BCUT2D eigenvalue weighted by Gasteiger charge is -2.21. The summed E-state index contributed by atoms with van der Waals surface area (Å²) in [6, 6.07) is 25.5. The van der Waals surface area contributed by atoms with E-state index in [1.807, 2.05) is 92.8 Å². The first-order valence-corrected chi connectivity index (χ1v) is 10.5. The van der Waals surface area contributed by atoms with Crippen LogP contribution in [0.25, 0.3) is 11.0 Å². The van der Waals surface area contributed by atoms with Gasteiger partial charge in [0.05, 0.1) is 18.1 Å². The fraction of sp³-hybridized carbons (Fsp3) is 0.231. The zero-order valence-corrected chi connectivity index (χ0v) is 18.1. The molecule has 0 aliphatic rings. The van der Waals surface area contributed by atoms with Crippen molar-refractivity contribution in [3.05, 3.63) is 95.8 Å². The maximum atomic E-state index is 13.1. The van der Waals surface area contributed by atoms with Gasteiger partial charge in [0.1, 0.15) is 17.6 Å². The molecule has 3 aromatic carbocycles. The third-order valence-corrected chi connectivity index (χ3v) is 5.68. The molecule has 158 valence electrons. The molecule has 5 nitrogen and oxygen atoms in total. The molecule has 0 aliphatic heterocycles. The van der Waals surface area contributed by atoms with E-state index in [0.717, 1.165) is 33.7 Å². The van der Waals surface area contributed by atoms with E-state index in [2.05, 4.69) is 9.88 Å². The van der Waals surface area contributed by atoms with Crippen molar-refractivity contribution < 1.29 is 9.53 Å². The number of hydrogen-bond acceptors (Lipinski definition) is 3. The average Bonchev–Trinajstić information content (AvgIpc) is 3.14. The van der Waals surface area contributed by atoms with Crippen LogP contribution in [0, 0.1) is 0 Å². The fourth-order valence-corrected chi connectivity index (χ4v) is 4.05. The summed E-state index contributed by atoms with van der Waals surface area (Å²) in [5.41, 5.74) is 3.98. The molecule has 2 unspecified atom stereocenters. The van der Waals surface area contributed by atoms with E-state index in [9.17, 15) is 4.79 Å². The molecule has 0 saturated carbocycles. The molecule has 2 atom stereocenters. The second kappa shape index (κ2) is 9.04. The standard InChI is InChI=1S/C26H27N3O2/c1-18(20-13-7-10-16-23(20)31-3)17-24(30)28-25(19-11-5-4-6-12-19)26-27-21-14-8-9-15-22(21)29(26)2/h4-16,18,25H,17H2,1-3H3,(H,28,30). The zero-order valence-electron chi connectivity index (χ0n) is 18.1. The van der Waals surface area contributed by atoms with Crippen LogP contribution in [0.5, 0.6) is 5.75 Å². The molecule has 4 aromatic rings. The van der Waals surface area contributed by atoms with E-state index < -0.39 is 0 Å². The minimum absolute atomic E-state index is 0.0213. The highest BCUT2D eigenvalue weighted by atomic mass is 16.5. The number of nitrogens with zero attached hydrogens (tertiary/aromatic N) is 2. The van der Waals surface area contributed by atoms with E-state index in [0.29, 0.717) is 6.42 Å². The Kier molecular flexibility index (Phi) is 6.03. The van der Waals surface area contributed by atoms with Crippen molar-refractivity contribution in [2.75, 3.05) is 7.11 Å². The van der Waals surface area contributed by atoms with Gasteiger partial charge in [-0.3, -0.25) is 4.79 Å². The molecule has 0 bridgehead atoms. The third kappa shape index (κ3) is 4.31. The Balaban J connectivity index is 1.62. The molecule has 1 heterocycles. The van der Waals surface area contributed by atoms with E-state index in [-0.39, 0.29) is 17.9 Å². The van der Waals surface area contributed by atoms with E-state index in [1.54, 1.807) is 7.11 Å². The number of nitrogens with one attached hydrogen (secondary N) is 1. The number of benzene rings is 3. The lowest BCUT2D eigenvalue weighted by molar-refractivity contribution is -0.122. The highest BCUT2D eigenvalue weighted by Gasteiger charge is 2.24. The molecule has 0 spiro atoms. The molecule has 0 radical (unpaired) electrons. The second-order valence-corrected chi connectivity index (χ2v) is 7.78. The molecule has 1 amide bonds. The van der Waals surface area contributed by atoms with Crippen LogP contribution in [0.2, 0.25) is 0 Å². The van der Waals surface area contributed by atoms with Gasteiger partial charge in [-0.25, -0.2) is 4.98 Å². The van der Waals surface area contributed by atoms with Crippen LogP contribution in [0.4, 0.5) is 0 Å². The van der Waals surface area contributed by atoms with Crippen molar-refractivity contribution >= 4 is 16.9 Å². The smallest absolute Gasteiger partial charge is 0.221 e. The van der Waals surface area contributed by atoms with Crippen molar-refractivity contribution in [1.82, 2.24) is 14.9 Å². The zero-order chi connectivity index (χ0) is 21.8. The number of methoxy groups -OCH3 is 1. The number of aromatic nitrogens is 2. The van der Waals surface area contributed by atoms with Crippen LogP contribution in [0.1, 0.15) is 42.3 Å². The van der Waals surface area contributed by atoms with Gasteiger partial charge in [0, 0.05) is 13.5 Å². The Hall–Kier alpha value is -3.60. The predicted molar refractivity (Wildman–Crippen MR) is 123 cm³/mol. The van der Waals surface area contributed by atoms with Crippen LogP contribution in [-0.4, -0.2) is 22.6 Å². The largest absolute Gasteiger partial charge is 0.496 e. The maximum Gasteiger partial charge on any atom is 0.221 e. The van der Waals surface area contributed by atoms with Crippen LogP contribution in [0.3, 0.4) is 0 Å². The minimum atomic E-state index is -0.337. The Morgan fingerprint density at radius 3 is 2.42 bits per heavy atom. The third-order valence-electron chi connectivity index (χ3n) is 5.68. The van der Waals surface area contributed by atoms with Crippen molar-refractivity contribution in [1.29, 1.82) is 0 Å². The minimum Gasteiger partial charge on any atom is -0.496 e. The summed E-state index contributed by atoms with van der Waals surface area (Å²) in [4.78, 5) is 18.0. The van der Waals surface area contributed by atoms with Gasteiger partial charge in [0.2, 0.25) is 5.91 Å². The van der Waals surface area contributed by atoms with Crippen molar-refractivity contribution in [3.8, 4) is 5.75 Å². The van der Waals surface area contributed by atoms with Gasteiger partial charge in [-0.05, 0) is 35.2 Å². The predicted octanol–water partition coefficient (Wildman–Crippen LogP) is 4.98. The summed E-state index contributed by atoms with van der Waals surface area (Å²) < 4.78 is 7.52. The summed E-state index contributed by atoms with van der Waals surface area (Å²) in [6.07, 6.45) is 0.355. The van der Waals surface area contributed by atoms with E-state index in [4.69, 9.17) is 9.72 Å². The van der Waals surface area contributed by atoms with Gasteiger partial charge in [0.25, 0.3) is 0 Å². The van der Waals surface area contributed by atoms with Crippen molar-refractivity contribution in [3.63, 3.8) is 0 Å². The van der Waals surface area contributed by atoms with Gasteiger partial charge in [-0.2, -0.15) is 0 Å². The van der Waals surface area contributed by atoms with E-state index in [1.165, 1.54) is 0 Å². The van der Waals surface area contributed by atoms with Crippen LogP contribution in [0.15, 0.2) is 78.9 Å². The normalized spacial score (nSPS) is 13.0. The molecular weight excluding hydrogens is 386 g/mol. The van der Waals surface area contributed by atoms with Gasteiger partial charge in [-0.1, -0.05) is 67.6 Å². The van der Waals surface area contributed by atoms with Crippen LogP contribution >= 0.6 is 0 Å². The number of rotatable bonds is 7. The fourth-order valence-electron chi connectivity index (χ4n) is 4.05. The first-order valence-electron chi connectivity index (χ1n) is 10.5. The second-order valence-electron chi connectivity index (χ2n) is 7.78. The monoisotopic (exact) mass is 413 g/mol. The summed E-state index contributed by atoms with van der Waals surface area (Å²) in [5, 5.41) is 3.23. The Labute approximate surface area is 182 Å². The van der Waals surface area contributed by atoms with Crippen LogP contribution < -0.4 is 10.1 Å². The lowest BCUT2D eigenvalue weighted by Crippen LogP contribution is -2.31. The number of carbonyl (C=O) groups excluding carboxylic acids is 1. The lowest BCUT2D eigenvalue weighted by atomic mass is 9.96. The van der Waals surface area contributed by atoms with E-state index >= 15 is 0 Å². The highest BCUT2D eigenvalue weighted by molar-refractivity contribution is 5.79. The Morgan fingerprint density at radius 1 is 1.00 bits per heavy atom. The summed E-state index contributed by atoms with van der Waals surface area (Å²) in [5.74, 6) is 1.61. The number of aryl methyl sites for hydroxylation is 1. The van der Waals surface area contributed by atoms with Gasteiger partial charge in [0.15, 0.2) is 0 Å². The molecule has 0 saturated heterocycles. The van der Waals surface area contributed by atoms with Crippen molar-refractivity contribution in [2.45, 2.75) is 25.3 Å². The summed E-state index contributed by atoms with van der Waals surface area (Å²) in [6.45, 7) is 2.05. The number of hydrogen-bond donors (Lipinski definition) is 1. The quantitative estimate of drug-likeness (QED) is 0.465. The molecule has 4 rings (SSSR count).